The number of rotatable bonds is 4. The third-order valence-electron chi connectivity index (χ3n) is 2.93. The zero-order valence-electron chi connectivity index (χ0n) is 11.2. The number of carbonyl (C=O) groups excluding carboxylic acids is 1. The molecule has 0 fully saturated rings. The summed E-state index contributed by atoms with van der Waals surface area (Å²) in [6.45, 7) is 0.264. The highest BCUT2D eigenvalue weighted by atomic mass is 16.4. The van der Waals surface area contributed by atoms with Crippen LogP contribution < -0.4 is 11.1 Å². The number of benzene rings is 2. The Bertz CT molecular complexity index is 683. The molecule has 0 aliphatic carbocycles. The molecule has 2 aromatic rings. The number of nitrogens with two attached hydrogens (primary N) is 1. The first-order chi connectivity index (χ1) is 10.1. The molecule has 2 rings (SSSR count). The number of amides is 1. The number of phenols is 1. The summed E-state index contributed by atoms with van der Waals surface area (Å²) >= 11 is 0. The summed E-state index contributed by atoms with van der Waals surface area (Å²) in [5, 5.41) is 23.9. The van der Waals surface area contributed by atoms with Gasteiger partial charge in [-0.05, 0) is 23.8 Å². The maximum atomic E-state index is 12.0. The molecule has 0 aromatic heterocycles. The van der Waals surface area contributed by atoms with E-state index < -0.39 is 0 Å². The molecule has 1 amide bonds. The summed E-state index contributed by atoms with van der Waals surface area (Å²) in [6, 6.07) is 13.3. The number of hydrogen-bond acceptors (Lipinski definition) is 4. The van der Waals surface area contributed by atoms with Crippen LogP contribution in [0.2, 0.25) is 0 Å². The zero-order chi connectivity index (χ0) is 15.2. The van der Waals surface area contributed by atoms with Crippen LogP contribution in [-0.2, 0) is 6.54 Å². The van der Waals surface area contributed by atoms with Crippen LogP contribution in [0.5, 0.6) is 5.75 Å². The minimum absolute atomic E-state index is 0.00359. The summed E-state index contributed by atoms with van der Waals surface area (Å²) < 4.78 is 0. The predicted molar refractivity (Wildman–Crippen MR) is 78.2 cm³/mol. The van der Waals surface area contributed by atoms with E-state index in [0.717, 1.165) is 5.56 Å². The SMILES string of the molecule is NC(=NO)c1cccc(CNC(=O)c2ccccc2O)c1. The minimum Gasteiger partial charge on any atom is -0.507 e. The number of oxime groups is 1. The molecule has 0 radical (unpaired) electrons. The fourth-order valence-corrected chi connectivity index (χ4v) is 1.84. The van der Waals surface area contributed by atoms with Gasteiger partial charge in [0.2, 0.25) is 0 Å². The van der Waals surface area contributed by atoms with E-state index in [-0.39, 0.29) is 29.6 Å². The van der Waals surface area contributed by atoms with E-state index in [4.69, 9.17) is 10.9 Å². The molecular formula is C15H15N3O3. The van der Waals surface area contributed by atoms with Gasteiger partial charge in [-0.15, -0.1) is 0 Å². The highest BCUT2D eigenvalue weighted by molar-refractivity contribution is 5.97. The van der Waals surface area contributed by atoms with E-state index in [1.165, 1.54) is 12.1 Å². The first-order valence-electron chi connectivity index (χ1n) is 6.25. The molecule has 0 saturated carbocycles. The van der Waals surface area contributed by atoms with Gasteiger partial charge in [-0.2, -0.15) is 0 Å². The molecule has 0 bridgehead atoms. The van der Waals surface area contributed by atoms with Crippen LogP contribution in [-0.4, -0.2) is 22.1 Å². The van der Waals surface area contributed by atoms with Crippen molar-refractivity contribution in [2.45, 2.75) is 6.54 Å². The highest BCUT2D eigenvalue weighted by Crippen LogP contribution is 2.15. The number of phenolic OH excluding ortho intramolecular Hbond substituents is 1. The fourth-order valence-electron chi connectivity index (χ4n) is 1.84. The van der Waals surface area contributed by atoms with Crippen LogP contribution in [0.4, 0.5) is 0 Å². The molecule has 108 valence electrons. The van der Waals surface area contributed by atoms with Crippen molar-refractivity contribution in [3.63, 3.8) is 0 Å². The van der Waals surface area contributed by atoms with Gasteiger partial charge >= 0.3 is 0 Å². The Kier molecular flexibility index (Phi) is 4.40. The lowest BCUT2D eigenvalue weighted by Crippen LogP contribution is -2.23. The molecule has 5 N–H and O–H groups in total. The first kappa shape index (κ1) is 14.4. The number of nitrogens with one attached hydrogen (secondary N) is 1. The molecule has 21 heavy (non-hydrogen) atoms. The van der Waals surface area contributed by atoms with Crippen molar-refractivity contribution in [1.29, 1.82) is 0 Å². The summed E-state index contributed by atoms with van der Waals surface area (Å²) in [7, 11) is 0. The molecule has 6 heteroatoms. The van der Waals surface area contributed by atoms with E-state index in [0.29, 0.717) is 5.56 Å². The molecule has 2 aromatic carbocycles. The molecular weight excluding hydrogens is 270 g/mol. The van der Waals surface area contributed by atoms with Gasteiger partial charge in [0.1, 0.15) is 5.75 Å². The van der Waals surface area contributed by atoms with Gasteiger partial charge in [0.15, 0.2) is 5.84 Å². The summed E-state index contributed by atoms with van der Waals surface area (Å²) in [5.74, 6) is -0.438. The van der Waals surface area contributed by atoms with Crippen LogP contribution in [0.3, 0.4) is 0 Å². The molecule has 0 aliphatic rings. The Labute approximate surface area is 121 Å². The van der Waals surface area contributed by atoms with Crippen LogP contribution in [0.1, 0.15) is 21.5 Å². The maximum Gasteiger partial charge on any atom is 0.255 e. The number of carbonyl (C=O) groups is 1. The van der Waals surface area contributed by atoms with Gasteiger partial charge in [-0.3, -0.25) is 4.79 Å². The average molecular weight is 285 g/mol. The number of hydrogen-bond donors (Lipinski definition) is 4. The second kappa shape index (κ2) is 6.42. The van der Waals surface area contributed by atoms with Crippen LogP contribution >= 0.6 is 0 Å². The average Bonchev–Trinajstić information content (AvgIpc) is 2.52. The Morgan fingerprint density at radius 2 is 1.95 bits per heavy atom. The van der Waals surface area contributed by atoms with Crippen LogP contribution in [0, 0.1) is 0 Å². The number of amidine groups is 1. The largest absolute Gasteiger partial charge is 0.507 e. The second-order valence-corrected chi connectivity index (χ2v) is 4.39. The van der Waals surface area contributed by atoms with Gasteiger partial charge in [-0.1, -0.05) is 35.5 Å². The first-order valence-corrected chi connectivity index (χ1v) is 6.25. The van der Waals surface area contributed by atoms with Crippen molar-refractivity contribution in [3.05, 3.63) is 65.2 Å². The molecule has 0 spiro atoms. The van der Waals surface area contributed by atoms with Crippen LogP contribution in [0.25, 0.3) is 0 Å². The maximum absolute atomic E-state index is 12.0. The van der Waals surface area contributed by atoms with Crippen molar-refractivity contribution in [2.75, 3.05) is 0 Å². The third-order valence-corrected chi connectivity index (χ3v) is 2.93. The number of aromatic hydroxyl groups is 1. The smallest absolute Gasteiger partial charge is 0.255 e. The Morgan fingerprint density at radius 3 is 2.67 bits per heavy atom. The fraction of sp³-hybridized carbons (Fsp3) is 0.0667. The lowest BCUT2D eigenvalue weighted by molar-refractivity contribution is 0.0948. The Balaban J connectivity index is 2.07. The summed E-state index contributed by atoms with van der Waals surface area (Å²) in [6.07, 6.45) is 0. The van der Waals surface area contributed by atoms with Gasteiger partial charge in [0, 0.05) is 12.1 Å². The standard InChI is InChI=1S/C15H15N3O3/c16-14(18-21)11-5-3-4-10(8-11)9-17-15(20)12-6-1-2-7-13(12)19/h1-8,19,21H,9H2,(H2,16,18)(H,17,20). The van der Waals surface area contributed by atoms with Gasteiger partial charge < -0.3 is 21.4 Å². The number of para-hydroxylation sites is 1. The van der Waals surface area contributed by atoms with Crippen molar-refractivity contribution < 1.29 is 15.1 Å². The second-order valence-electron chi connectivity index (χ2n) is 4.39. The van der Waals surface area contributed by atoms with E-state index in [1.54, 1.807) is 36.4 Å². The highest BCUT2D eigenvalue weighted by Gasteiger charge is 2.09. The Hall–Kier alpha value is -3.02. The van der Waals surface area contributed by atoms with Crippen molar-refractivity contribution in [3.8, 4) is 5.75 Å². The topological polar surface area (TPSA) is 108 Å². The molecule has 0 saturated heterocycles. The van der Waals surface area contributed by atoms with Crippen molar-refractivity contribution in [2.24, 2.45) is 10.9 Å². The van der Waals surface area contributed by atoms with E-state index in [2.05, 4.69) is 10.5 Å². The summed E-state index contributed by atoms with van der Waals surface area (Å²) in [5.41, 5.74) is 7.08. The molecule has 0 heterocycles. The lowest BCUT2D eigenvalue weighted by Gasteiger charge is -2.08. The molecule has 6 nitrogen and oxygen atoms in total. The molecule has 0 atom stereocenters. The summed E-state index contributed by atoms with van der Waals surface area (Å²) in [4.78, 5) is 12.0. The number of nitrogens with zero attached hydrogens (tertiary/aromatic N) is 1. The lowest BCUT2D eigenvalue weighted by atomic mass is 10.1. The third kappa shape index (κ3) is 3.50. The normalized spacial score (nSPS) is 11.1. The van der Waals surface area contributed by atoms with Gasteiger partial charge in [0.05, 0.1) is 5.56 Å². The monoisotopic (exact) mass is 285 g/mol. The van der Waals surface area contributed by atoms with Crippen molar-refractivity contribution in [1.82, 2.24) is 5.32 Å². The van der Waals surface area contributed by atoms with Gasteiger partial charge in [0.25, 0.3) is 5.91 Å². The minimum atomic E-state index is -0.373. The van der Waals surface area contributed by atoms with E-state index in [9.17, 15) is 9.90 Å². The van der Waals surface area contributed by atoms with Crippen molar-refractivity contribution >= 4 is 11.7 Å². The van der Waals surface area contributed by atoms with E-state index in [1.807, 2.05) is 0 Å². The van der Waals surface area contributed by atoms with E-state index >= 15 is 0 Å². The molecule has 0 unspecified atom stereocenters. The Morgan fingerprint density at radius 1 is 1.19 bits per heavy atom. The quantitative estimate of drug-likeness (QED) is 0.295. The molecule has 0 aliphatic heterocycles. The predicted octanol–water partition coefficient (Wildman–Crippen LogP) is 1.42. The van der Waals surface area contributed by atoms with Crippen LogP contribution in [0.15, 0.2) is 53.7 Å². The zero-order valence-corrected chi connectivity index (χ0v) is 11.2. The van der Waals surface area contributed by atoms with Gasteiger partial charge in [-0.25, -0.2) is 0 Å².